The van der Waals surface area contributed by atoms with Crippen LogP contribution in [0.5, 0.6) is 0 Å². The number of aromatic nitrogens is 15. The number of hydrogen-bond acceptors (Lipinski definition) is 27. The number of nitrogens with two attached hydrogens (primary N) is 4. The number of benzene rings is 3. The second-order valence-electron chi connectivity index (χ2n) is 22.9. The number of carbonyl (C=O) groups is 6. The summed E-state index contributed by atoms with van der Waals surface area (Å²) in [4.78, 5) is 112. The molecule has 98 heavy (non-hydrogen) atoms. The van der Waals surface area contributed by atoms with Gasteiger partial charge in [0.1, 0.15) is 40.2 Å². The normalized spacial score (nSPS) is 17.1. The van der Waals surface area contributed by atoms with Gasteiger partial charge in [-0.3, -0.25) is 33.7 Å². The largest absolute Gasteiger partial charge is 0.365 e. The molecule has 3 saturated carbocycles. The summed E-state index contributed by atoms with van der Waals surface area (Å²) in [7, 11) is 0. The SMILES string of the molecule is CCCN(C(C)=O)C(C)=O.NC(=O)c1cnc(N[C@@H]2CCCCC2=O)nc1Nc1cccc(-n2nccn2)c1.NC(=O)c1cnc(N[C@@H]2CCCC[C@@H]2N)nc1Nc1cccc(-n2nccn2)c1.NC(=O)c1cnc(N[C@@H]2CCCC[C@@H]2N=O)nc1Nc1cccc(-n2nccn2)c1. The maximum atomic E-state index is 12.1. The molecule has 0 unspecified atom stereocenters. The predicted octanol–water partition coefficient (Wildman–Crippen LogP) is 6.59. The van der Waals surface area contributed by atoms with Crippen molar-refractivity contribution in [1.82, 2.24) is 79.8 Å². The fourth-order valence-electron chi connectivity index (χ4n) is 10.9. The molecule has 0 spiro atoms. The summed E-state index contributed by atoms with van der Waals surface area (Å²) >= 11 is 0. The Kier molecular flexibility index (Phi) is 24.6. The Labute approximate surface area is 562 Å². The molecule has 5 amide bonds. The molecule has 0 aliphatic heterocycles. The van der Waals surface area contributed by atoms with Gasteiger partial charge in [-0.2, -0.15) is 64.8 Å². The van der Waals surface area contributed by atoms with E-state index < -0.39 is 17.7 Å². The van der Waals surface area contributed by atoms with Crippen LogP contribution in [0.15, 0.2) is 134 Å². The number of hydrogen-bond donors (Lipinski definition) is 10. The molecule has 34 nitrogen and oxygen atoms in total. The van der Waals surface area contributed by atoms with Gasteiger partial charge in [0.25, 0.3) is 17.7 Å². The number of nitrogens with zero attached hydrogens (tertiary/aromatic N) is 17. The third kappa shape index (κ3) is 19.5. The first-order valence-corrected chi connectivity index (χ1v) is 31.8. The maximum absolute atomic E-state index is 12.1. The lowest BCUT2D eigenvalue weighted by molar-refractivity contribution is -0.142. The molecule has 3 aliphatic rings. The fraction of sp³-hybridized carbons (Fsp3) is 0.344. The summed E-state index contributed by atoms with van der Waals surface area (Å²) < 4.78 is 0. The van der Waals surface area contributed by atoms with E-state index in [4.69, 9.17) is 22.9 Å². The van der Waals surface area contributed by atoms with Crippen molar-refractivity contribution in [3.8, 4) is 17.1 Å². The van der Waals surface area contributed by atoms with Crippen molar-refractivity contribution in [3.05, 3.63) is 150 Å². The highest BCUT2D eigenvalue weighted by atomic mass is 16.3. The third-order valence-corrected chi connectivity index (χ3v) is 15.8. The lowest BCUT2D eigenvalue weighted by atomic mass is 9.91. The Balaban J connectivity index is 0.000000161. The van der Waals surface area contributed by atoms with Crippen molar-refractivity contribution in [2.24, 2.45) is 28.1 Å². The monoisotopic (exact) mass is 1340 g/mol. The molecule has 6 aromatic heterocycles. The highest BCUT2D eigenvalue weighted by Crippen LogP contribution is 2.29. The van der Waals surface area contributed by atoms with Crippen LogP contribution >= 0.6 is 0 Å². The zero-order chi connectivity index (χ0) is 69.5. The van der Waals surface area contributed by atoms with Gasteiger partial charge in [-0.05, 0) is 99.5 Å². The summed E-state index contributed by atoms with van der Waals surface area (Å²) in [6.07, 6.45) is 25.4. The van der Waals surface area contributed by atoms with E-state index in [0.29, 0.717) is 47.7 Å². The number of amides is 5. The van der Waals surface area contributed by atoms with Gasteiger partial charge in [-0.1, -0.05) is 62.4 Å². The van der Waals surface area contributed by atoms with Crippen LogP contribution in [0.1, 0.15) is 135 Å². The first-order chi connectivity index (χ1) is 47.4. The van der Waals surface area contributed by atoms with Crippen LogP contribution in [0.2, 0.25) is 0 Å². The summed E-state index contributed by atoms with van der Waals surface area (Å²) in [5.74, 6) is -0.308. The van der Waals surface area contributed by atoms with Gasteiger partial charge in [-0.15, -0.1) is 0 Å². The number of nitrogens with one attached hydrogen (secondary N) is 6. The minimum atomic E-state index is -0.655. The van der Waals surface area contributed by atoms with Crippen LogP contribution in [0.25, 0.3) is 17.1 Å². The van der Waals surface area contributed by atoms with Gasteiger partial charge in [0.05, 0.1) is 66.3 Å². The average molecular weight is 1340 g/mol. The summed E-state index contributed by atoms with van der Waals surface area (Å²) in [5.41, 5.74) is 27.5. The van der Waals surface area contributed by atoms with Crippen LogP contribution < -0.4 is 54.8 Å². The summed E-state index contributed by atoms with van der Waals surface area (Å²) in [5, 5.41) is 46.8. The number of Topliss-reactive ketones (excluding diaryl/α,β-unsaturated/α-hetero) is 1. The van der Waals surface area contributed by atoms with Crippen molar-refractivity contribution >= 4 is 87.7 Å². The van der Waals surface area contributed by atoms with Crippen LogP contribution in [-0.2, 0) is 14.4 Å². The Hall–Kier alpha value is -12.1. The quantitative estimate of drug-likeness (QED) is 0.0339. The molecule has 0 radical (unpaired) electrons. The van der Waals surface area contributed by atoms with Crippen molar-refractivity contribution in [2.45, 2.75) is 134 Å². The second-order valence-corrected chi connectivity index (χ2v) is 22.9. The molecule has 34 heteroatoms. The second kappa shape index (κ2) is 34.4. The van der Waals surface area contributed by atoms with Gasteiger partial charge in [0.2, 0.25) is 29.7 Å². The van der Waals surface area contributed by atoms with E-state index in [0.717, 1.165) is 94.1 Å². The molecule has 0 bridgehead atoms. The predicted molar refractivity (Wildman–Crippen MR) is 364 cm³/mol. The van der Waals surface area contributed by atoms with Crippen LogP contribution in [-0.4, -0.2) is 152 Å². The van der Waals surface area contributed by atoms with E-state index in [1.165, 1.54) is 51.7 Å². The molecule has 3 fully saturated rings. The lowest BCUT2D eigenvalue weighted by Crippen LogP contribution is -2.43. The zero-order valence-electron chi connectivity index (χ0n) is 54.2. The van der Waals surface area contributed by atoms with Crippen LogP contribution in [0, 0.1) is 4.91 Å². The first-order valence-electron chi connectivity index (χ1n) is 31.8. The molecule has 3 aliphatic carbocycles. The number of nitroso groups, excluding NO2 is 1. The molecule has 0 saturated heterocycles. The van der Waals surface area contributed by atoms with E-state index in [2.05, 4.69) is 97.6 Å². The standard InChI is InChI=1S/C19H21N9O2.C19H23N9O.C19H20N8O2.C7H13NO2/c20-17(29)14-11-21-19(25-15-6-1-2-7-16(15)27-30)26-18(14)24-12-4-3-5-13(10-12)28-22-8-9-23-28;20-15-6-1-2-7-16(15)26-19-22-11-14(17(21)29)18(27-19)25-12-4-3-5-13(10-12)28-23-8-9-24-28;20-17(29)14-11-21-19(25-15-6-1-2-7-16(15)28)26-18(14)24-12-4-3-5-13(10-12)27-22-8-9-23-27;1-4-5-8(6(2)9)7(3)10/h3-5,8-11,15-16H,1-2,6-7H2,(H2,20,29)(H2,21,24,25,26);3-5,8-11,15-16H,1-2,6-7,20H2,(H2,21,29)(H2,22,25,26,27);3-5,8-11,15H,1-2,6-7H2,(H2,20,29)(H2,21,24,25,26);4-5H2,1-3H3/t2*15-,16+;15-;/m101./s1. The van der Waals surface area contributed by atoms with Gasteiger partial charge in [0, 0.05) is 74.5 Å². The topological polar surface area (TPSA) is 481 Å². The first kappa shape index (κ1) is 70.2. The smallest absolute Gasteiger partial charge is 0.254 e. The zero-order valence-corrected chi connectivity index (χ0v) is 54.2. The third-order valence-electron chi connectivity index (χ3n) is 15.8. The van der Waals surface area contributed by atoms with Crippen molar-refractivity contribution in [2.75, 3.05) is 38.4 Å². The molecule has 9 aromatic rings. The van der Waals surface area contributed by atoms with E-state index in [1.54, 1.807) is 37.2 Å². The molecule has 5 atom stereocenters. The highest BCUT2D eigenvalue weighted by molar-refractivity contribution is 6.00. The van der Waals surface area contributed by atoms with E-state index in [1.807, 2.05) is 79.7 Å². The van der Waals surface area contributed by atoms with Crippen molar-refractivity contribution in [3.63, 3.8) is 0 Å². The van der Waals surface area contributed by atoms with Gasteiger partial charge < -0.3 is 54.8 Å². The number of imide groups is 1. The maximum Gasteiger partial charge on any atom is 0.254 e. The molecule has 12 rings (SSSR count). The Morgan fingerprint density at radius 1 is 0.520 bits per heavy atom. The van der Waals surface area contributed by atoms with Gasteiger partial charge >= 0.3 is 0 Å². The Morgan fingerprint density at radius 2 is 0.898 bits per heavy atom. The molecular weight excluding hydrogens is 1260 g/mol. The molecule has 14 N–H and O–H groups in total. The van der Waals surface area contributed by atoms with Crippen LogP contribution in [0.3, 0.4) is 0 Å². The summed E-state index contributed by atoms with van der Waals surface area (Å²) in [6, 6.07) is 21.4. The van der Waals surface area contributed by atoms with Gasteiger partial charge in [-0.25, -0.2) is 15.0 Å². The Bertz CT molecular complexity index is 4160. The van der Waals surface area contributed by atoms with E-state index >= 15 is 0 Å². The lowest BCUT2D eigenvalue weighted by Gasteiger charge is -2.29. The number of rotatable bonds is 21. The number of ketones is 1. The van der Waals surface area contributed by atoms with Crippen molar-refractivity contribution < 1.29 is 28.8 Å². The van der Waals surface area contributed by atoms with E-state index in [-0.39, 0.29) is 82.1 Å². The van der Waals surface area contributed by atoms with Crippen LogP contribution in [0.4, 0.5) is 52.4 Å². The number of carbonyl (C=O) groups excluding carboxylic acids is 6. The minimum absolute atomic E-state index is 0.0535. The average Bonchev–Trinajstić information content (AvgIpc) is 2.09. The molecule has 510 valence electrons. The fourth-order valence-corrected chi connectivity index (χ4v) is 10.9. The molecule has 3 aromatic carbocycles. The van der Waals surface area contributed by atoms with E-state index in [9.17, 15) is 33.7 Å². The van der Waals surface area contributed by atoms with Gasteiger partial charge in [0.15, 0.2) is 5.78 Å². The highest BCUT2D eigenvalue weighted by Gasteiger charge is 2.28. The number of primary amides is 3. The number of anilines is 9. The molecule has 6 heterocycles. The molecular formula is C64H77N27O7. The Morgan fingerprint density at radius 3 is 1.27 bits per heavy atom. The van der Waals surface area contributed by atoms with Crippen molar-refractivity contribution in [1.29, 1.82) is 0 Å². The minimum Gasteiger partial charge on any atom is -0.365 e. The summed E-state index contributed by atoms with van der Waals surface area (Å²) in [6.45, 7) is 5.26.